The van der Waals surface area contributed by atoms with Gasteiger partial charge in [0.1, 0.15) is 0 Å². The van der Waals surface area contributed by atoms with Crippen molar-refractivity contribution in [3.05, 3.63) is 53.6 Å². The summed E-state index contributed by atoms with van der Waals surface area (Å²) in [5.74, 6) is 2.05. The van der Waals surface area contributed by atoms with Crippen LogP contribution in [0.25, 0.3) is 0 Å². The summed E-state index contributed by atoms with van der Waals surface area (Å²) in [6.07, 6.45) is 0. The molecule has 0 amide bonds. The van der Waals surface area contributed by atoms with E-state index in [0.717, 1.165) is 12.2 Å². The van der Waals surface area contributed by atoms with Crippen LogP contribution in [-0.4, -0.2) is 46.2 Å². The second kappa shape index (κ2) is 11.7. The number of methoxy groups -OCH3 is 2. The van der Waals surface area contributed by atoms with Gasteiger partial charge in [0.2, 0.25) is 0 Å². The SMILES string of the molecule is CN=C(NCc1ccc(CN(C)C)cc1)Nc1ccc(OC)c(OC)c1.I. The zero-order chi connectivity index (χ0) is 18.9. The number of aliphatic imine (C=N–C) groups is 1. The average molecular weight is 484 g/mol. The standard InChI is InChI=1S/C20H28N4O2.HI/c1-21-20(23-17-10-11-18(25-4)19(12-17)26-5)22-13-15-6-8-16(9-7-15)14-24(2)3;/h6-12H,13-14H2,1-5H3,(H2,21,22,23);1H. The van der Waals surface area contributed by atoms with Crippen LogP contribution < -0.4 is 20.1 Å². The first-order valence-electron chi connectivity index (χ1n) is 8.48. The fraction of sp³-hybridized carbons (Fsp3) is 0.350. The van der Waals surface area contributed by atoms with Crippen molar-refractivity contribution >= 4 is 35.6 Å². The predicted octanol–water partition coefficient (Wildman–Crippen LogP) is 3.57. The molecule has 7 heteroatoms. The molecule has 0 saturated carbocycles. The first kappa shape index (κ1) is 23.0. The summed E-state index contributed by atoms with van der Waals surface area (Å²) in [6.45, 7) is 1.63. The highest BCUT2D eigenvalue weighted by Gasteiger charge is 2.06. The number of guanidine groups is 1. The van der Waals surface area contributed by atoms with Crippen molar-refractivity contribution in [1.82, 2.24) is 10.2 Å². The molecule has 0 heterocycles. The maximum absolute atomic E-state index is 5.33. The van der Waals surface area contributed by atoms with E-state index in [0.29, 0.717) is 24.0 Å². The number of rotatable bonds is 7. The van der Waals surface area contributed by atoms with Crippen molar-refractivity contribution in [2.45, 2.75) is 13.1 Å². The van der Waals surface area contributed by atoms with Crippen molar-refractivity contribution in [2.24, 2.45) is 4.99 Å². The molecule has 0 aliphatic heterocycles. The first-order chi connectivity index (χ1) is 12.5. The smallest absolute Gasteiger partial charge is 0.195 e. The number of benzene rings is 2. The fourth-order valence-electron chi connectivity index (χ4n) is 2.54. The van der Waals surface area contributed by atoms with Gasteiger partial charge in [-0.3, -0.25) is 4.99 Å². The molecule has 2 aromatic carbocycles. The normalized spacial score (nSPS) is 11.0. The summed E-state index contributed by atoms with van der Waals surface area (Å²) in [5.41, 5.74) is 3.37. The molecule has 2 aromatic rings. The molecule has 0 atom stereocenters. The first-order valence-corrected chi connectivity index (χ1v) is 8.48. The summed E-state index contributed by atoms with van der Waals surface area (Å²) >= 11 is 0. The van der Waals surface area contributed by atoms with Gasteiger partial charge in [-0.05, 0) is 37.4 Å². The van der Waals surface area contributed by atoms with Gasteiger partial charge in [0.15, 0.2) is 17.5 Å². The summed E-state index contributed by atoms with van der Waals surface area (Å²) in [6, 6.07) is 14.2. The molecule has 0 bridgehead atoms. The topological polar surface area (TPSA) is 58.1 Å². The lowest BCUT2D eigenvalue weighted by atomic mass is 10.1. The van der Waals surface area contributed by atoms with E-state index < -0.39 is 0 Å². The average Bonchev–Trinajstić information content (AvgIpc) is 2.65. The van der Waals surface area contributed by atoms with Gasteiger partial charge in [-0.1, -0.05) is 24.3 Å². The Bertz CT molecular complexity index is 733. The third-order valence-corrected chi connectivity index (χ3v) is 3.85. The van der Waals surface area contributed by atoms with Crippen LogP contribution >= 0.6 is 24.0 Å². The fourth-order valence-corrected chi connectivity index (χ4v) is 2.54. The Balaban J connectivity index is 0.00000364. The van der Waals surface area contributed by atoms with Crippen molar-refractivity contribution in [2.75, 3.05) is 40.7 Å². The van der Waals surface area contributed by atoms with E-state index in [4.69, 9.17) is 9.47 Å². The van der Waals surface area contributed by atoms with Gasteiger partial charge in [0, 0.05) is 31.9 Å². The third kappa shape index (κ3) is 7.26. The van der Waals surface area contributed by atoms with Crippen LogP contribution in [0, 0.1) is 0 Å². The van der Waals surface area contributed by atoms with Gasteiger partial charge in [-0.2, -0.15) is 0 Å². The Morgan fingerprint density at radius 2 is 1.59 bits per heavy atom. The van der Waals surface area contributed by atoms with Gasteiger partial charge in [0.05, 0.1) is 14.2 Å². The Labute approximate surface area is 179 Å². The van der Waals surface area contributed by atoms with Crippen molar-refractivity contribution in [3.8, 4) is 11.5 Å². The molecule has 2 N–H and O–H groups in total. The molecule has 0 aromatic heterocycles. The summed E-state index contributed by atoms with van der Waals surface area (Å²) in [7, 11) is 9.12. The molecule has 0 saturated heterocycles. The number of halogens is 1. The van der Waals surface area contributed by atoms with E-state index in [2.05, 4.69) is 58.9 Å². The summed E-state index contributed by atoms with van der Waals surface area (Å²) < 4.78 is 10.6. The molecule has 148 valence electrons. The van der Waals surface area contributed by atoms with Crippen molar-refractivity contribution in [3.63, 3.8) is 0 Å². The highest BCUT2D eigenvalue weighted by atomic mass is 127. The number of ether oxygens (including phenoxy) is 2. The Morgan fingerprint density at radius 1 is 0.963 bits per heavy atom. The predicted molar refractivity (Wildman–Crippen MR) is 123 cm³/mol. The molecule has 0 spiro atoms. The van der Waals surface area contributed by atoms with E-state index in [-0.39, 0.29) is 24.0 Å². The van der Waals surface area contributed by atoms with E-state index in [1.165, 1.54) is 11.1 Å². The van der Waals surface area contributed by atoms with Gasteiger partial charge in [-0.25, -0.2) is 0 Å². The lowest BCUT2D eigenvalue weighted by Gasteiger charge is -2.14. The van der Waals surface area contributed by atoms with Crippen LogP contribution in [0.5, 0.6) is 11.5 Å². The number of hydrogen-bond donors (Lipinski definition) is 2. The highest BCUT2D eigenvalue weighted by Crippen LogP contribution is 2.29. The third-order valence-electron chi connectivity index (χ3n) is 3.85. The van der Waals surface area contributed by atoms with Gasteiger partial charge < -0.3 is 25.0 Å². The minimum Gasteiger partial charge on any atom is -0.493 e. The largest absolute Gasteiger partial charge is 0.493 e. The Kier molecular flexibility index (Phi) is 9.95. The zero-order valence-electron chi connectivity index (χ0n) is 16.6. The highest BCUT2D eigenvalue weighted by molar-refractivity contribution is 14.0. The summed E-state index contributed by atoms with van der Waals surface area (Å²) in [5, 5.41) is 6.58. The van der Waals surface area contributed by atoms with Crippen LogP contribution in [0.15, 0.2) is 47.5 Å². The van der Waals surface area contributed by atoms with Crippen molar-refractivity contribution < 1.29 is 9.47 Å². The monoisotopic (exact) mass is 484 g/mol. The number of hydrogen-bond acceptors (Lipinski definition) is 4. The maximum Gasteiger partial charge on any atom is 0.195 e. The van der Waals surface area contributed by atoms with Crippen LogP contribution in [0.2, 0.25) is 0 Å². The van der Waals surface area contributed by atoms with E-state index in [1.807, 2.05) is 18.2 Å². The molecular weight excluding hydrogens is 455 g/mol. The van der Waals surface area contributed by atoms with Crippen LogP contribution in [0.3, 0.4) is 0 Å². The van der Waals surface area contributed by atoms with Gasteiger partial charge in [-0.15, -0.1) is 24.0 Å². The van der Waals surface area contributed by atoms with E-state index in [9.17, 15) is 0 Å². The summed E-state index contributed by atoms with van der Waals surface area (Å²) in [4.78, 5) is 6.42. The van der Waals surface area contributed by atoms with Crippen LogP contribution in [0.1, 0.15) is 11.1 Å². The molecule has 0 aliphatic rings. The molecule has 6 nitrogen and oxygen atoms in total. The Hall–Kier alpha value is -2.00. The number of nitrogens with one attached hydrogen (secondary N) is 2. The van der Waals surface area contributed by atoms with Crippen LogP contribution in [0.4, 0.5) is 5.69 Å². The molecule has 0 radical (unpaired) electrons. The van der Waals surface area contributed by atoms with E-state index in [1.54, 1.807) is 21.3 Å². The van der Waals surface area contributed by atoms with Gasteiger partial charge >= 0.3 is 0 Å². The zero-order valence-corrected chi connectivity index (χ0v) is 18.9. The minimum absolute atomic E-state index is 0. The number of anilines is 1. The quantitative estimate of drug-likeness (QED) is 0.358. The molecule has 0 aliphatic carbocycles. The number of nitrogens with zero attached hydrogens (tertiary/aromatic N) is 2. The lowest BCUT2D eigenvalue weighted by Crippen LogP contribution is -2.30. The van der Waals surface area contributed by atoms with E-state index >= 15 is 0 Å². The second-order valence-corrected chi connectivity index (χ2v) is 6.17. The Morgan fingerprint density at radius 3 is 2.15 bits per heavy atom. The molecule has 0 unspecified atom stereocenters. The minimum atomic E-state index is 0. The van der Waals surface area contributed by atoms with Gasteiger partial charge in [0.25, 0.3) is 0 Å². The molecular formula is C20H29IN4O2. The molecule has 27 heavy (non-hydrogen) atoms. The van der Waals surface area contributed by atoms with Crippen LogP contribution in [-0.2, 0) is 13.1 Å². The van der Waals surface area contributed by atoms with Crippen molar-refractivity contribution in [1.29, 1.82) is 0 Å². The molecule has 0 fully saturated rings. The second-order valence-electron chi connectivity index (χ2n) is 6.17. The maximum atomic E-state index is 5.33. The lowest BCUT2D eigenvalue weighted by molar-refractivity contribution is 0.355. The molecule has 2 rings (SSSR count).